The number of amides is 2. The summed E-state index contributed by atoms with van der Waals surface area (Å²) in [5.74, 6) is -1.72. The van der Waals surface area contributed by atoms with Crippen LogP contribution >= 0.6 is 0 Å². The molecule has 2 atom stereocenters. The highest BCUT2D eigenvalue weighted by molar-refractivity contribution is 5.95. The van der Waals surface area contributed by atoms with Crippen LogP contribution in [0.5, 0.6) is 0 Å². The average molecular weight is 343 g/mol. The third kappa shape index (κ3) is 2.62. The van der Waals surface area contributed by atoms with E-state index in [-0.39, 0.29) is 25.6 Å². The number of ether oxygens (including phenoxy) is 1. The third-order valence-electron chi connectivity index (χ3n) is 4.80. The summed E-state index contributed by atoms with van der Waals surface area (Å²) < 4.78 is 44.6. The van der Waals surface area contributed by atoms with E-state index >= 15 is 0 Å². The quantitative estimate of drug-likeness (QED) is 0.870. The Balaban J connectivity index is 1.92. The van der Waals surface area contributed by atoms with E-state index in [1.165, 1.54) is 4.90 Å². The number of rotatable bonds is 2. The van der Waals surface area contributed by atoms with E-state index in [9.17, 15) is 22.8 Å². The number of alkyl halides is 3. The van der Waals surface area contributed by atoms with Crippen molar-refractivity contribution in [3.8, 4) is 0 Å². The summed E-state index contributed by atoms with van der Waals surface area (Å²) in [6.07, 6.45) is -3.19. The molecule has 0 unspecified atom stereocenters. The van der Waals surface area contributed by atoms with Gasteiger partial charge in [0.25, 0.3) is 5.91 Å². The van der Waals surface area contributed by atoms with E-state index in [2.05, 4.69) is 4.98 Å². The molecule has 24 heavy (non-hydrogen) atoms. The van der Waals surface area contributed by atoms with Gasteiger partial charge in [-0.1, -0.05) is 0 Å². The van der Waals surface area contributed by atoms with Gasteiger partial charge >= 0.3 is 6.18 Å². The van der Waals surface area contributed by atoms with Crippen molar-refractivity contribution < 1.29 is 27.5 Å². The SMILES string of the molecule is NC(=O)[C@]12CCOC[C@H]1CN(C(=O)c1ncccc1C(F)(F)F)C2. The number of pyridine rings is 1. The number of aromatic nitrogens is 1. The highest BCUT2D eigenvalue weighted by atomic mass is 19.4. The number of nitrogens with two attached hydrogens (primary N) is 1. The maximum atomic E-state index is 13.1. The zero-order chi connectivity index (χ0) is 17.5. The maximum Gasteiger partial charge on any atom is 0.418 e. The second-order valence-corrected chi connectivity index (χ2v) is 6.13. The Hall–Kier alpha value is -2.16. The Labute approximate surface area is 135 Å². The summed E-state index contributed by atoms with van der Waals surface area (Å²) in [5, 5.41) is 0. The van der Waals surface area contributed by atoms with Crippen LogP contribution in [0.3, 0.4) is 0 Å². The van der Waals surface area contributed by atoms with Crippen molar-refractivity contribution >= 4 is 11.8 Å². The molecule has 0 spiro atoms. The summed E-state index contributed by atoms with van der Waals surface area (Å²) in [5.41, 5.74) is 2.82. The van der Waals surface area contributed by atoms with Crippen LogP contribution in [0.25, 0.3) is 0 Å². The molecule has 2 fully saturated rings. The first kappa shape index (κ1) is 16.7. The van der Waals surface area contributed by atoms with Crippen LogP contribution in [-0.4, -0.2) is 48.0 Å². The maximum absolute atomic E-state index is 13.1. The van der Waals surface area contributed by atoms with Gasteiger partial charge in [-0.25, -0.2) is 0 Å². The Kier molecular flexibility index (Phi) is 3.98. The van der Waals surface area contributed by atoms with Gasteiger partial charge in [0.1, 0.15) is 5.69 Å². The van der Waals surface area contributed by atoms with Crippen LogP contribution in [0.15, 0.2) is 18.3 Å². The number of likely N-dealkylation sites (tertiary alicyclic amines) is 1. The largest absolute Gasteiger partial charge is 0.418 e. The fourth-order valence-corrected chi connectivity index (χ4v) is 3.46. The predicted octanol–water partition coefficient (Wildman–Crippen LogP) is 1.06. The first-order chi connectivity index (χ1) is 11.3. The van der Waals surface area contributed by atoms with E-state index in [1.54, 1.807) is 0 Å². The number of fused-ring (bicyclic) bond motifs is 1. The molecule has 130 valence electrons. The highest BCUT2D eigenvalue weighted by Crippen LogP contribution is 2.42. The lowest BCUT2D eigenvalue weighted by Crippen LogP contribution is -2.48. The number of nitrogens with zero attached hydrogens (tertiary/aromatic N) is 2. The molecule has 2 saturated heterocycles. The monoisotopic (exact) mass is 343 g/mol. The van der Waals surface area contributed by atoms with Gasteiger partial charge < -0.3 is 15.4 Å². The first-order valence-electron chi connectivity index (χ1n) is 7.45. The molecule has 0 aromatic carbocycles. The number of carbonyl (C=O) groups excluding carboxylic acids is 2. The minimum atomic E-state index is -4.68. The van der Waals surface area contributed by atoms with Crippen molar-refractivity contribution in [3.05, 3.63) is 29.6 Å². The number of hydrogen-bond donors (Lipinski definition) is 1. The number of halogens is 3. The lowest BCUT2D eigenvalue weighted by atomic mass is 9.74. The lowest BCUT2D eigenvalue weighted by Gasteiger charge is -2.34. The summed E-state index contributed by atoms with van der Waals surface area (Å²) in [6.45, 7) is 0.693. The van der Waals surface area contributed by atoms with E-state index in [0.29, 0.717) is 13.0 Å². The number of hydrogen-bond acceptors (Lipinski definition) is 4. The zero-order valence-corrected chi connectivity index (χ0v) is 12.7. The molecule has 2 aliphatic rings. The van der Waals surface area contributed by atoms with E-state index in [1.807, 2.05) is 0 Å². The van der Waals surface area contributed by atoms with Crippen LogP contribution in [0, 0.1) is 11.3 Å². The Morgan fingerprint density at radius 1 is 1.42 bits per heavy atom. The van der Waals surface area contributed by atoms with Crippen molar-refractivity contribution in [2.45, 2.75) is 12.6 Å². The molecule has 0 radical (unpaired) electrons. The molecule has 0 saturated carbocycles. The van der Waals surface area contributed by atoms with Gasteiger partial charge in [0.2, 0.25) is 5.91 Å². The van der Waals surface area contributed by atoms with Crippen LogP contribution in [0.2, 0.25) is 0 Å². The summed E-state index contributed by atoms with van der Waals surface area (Å²) in [7, 11) is 0. The van der Waals surface area contributed by atoms with E-state index in [4.69, 9.17) is 10.5 Å². The first-order valence-corrected chi connectivity index (χ1v) is 7.45. The molecule has 6 nitrogen and oxygen atoms in total. The Morgan fingerprint density at radius 3 is 2.79 bits per heavy atom. The van der Waals surface area contributed by atoms with Gasteiger partial charge in [0.15, 0.2) is 0 Å². The average Bonchev–Trinajstić information content (AvgIpc) is 2.94. The minimum absolute atomic E-state index is 0.0108. The van der Waals surface area contributed by atoms with Crippen LogP contribution in [0.1, 0.15) is 22.5 Å². The molecule has 2 amide bonds. The van der Waals surface area contributed by atoms with Crippen LogP contribution < -0.4 is 5.73 Å². The van der Waals surface area contributed by atoms with Gasteiger partial charge in [0.05, 0.1) is 17.6 Å². The van der Waals surface area contributed by atoms with Gasteiger partial charge in [-0.05, 0) is 18.6 Å². The summed E-state index contributed by atoms with van der Waals surface area (Å²) >= 11 is 0. The number of carbonyl (C=O) groups is 2. The second-order valence-electron chi connectivity index (χ2n) is 6.13. The van der Waals surface area contributed by atoms with Crippen LogP contribution in [-0.2, 0) is 15.7 Å². The molecule has 3 heterocycles. The van der Waals surface area contributed by atoms with Crippen molar-refractivity contribution in [2.24, 2.45) is 17.1 Å². The Bertz CT molecular complexity index is 679. The molecular weight excluding hydrogens is 327 g/mol. The lowest BCUT2D eigenvalue weighted by molar-refractivity contribution is -0.138. The van der Waals surface area contributed by atoms with Gasteiger partial charge in [0, 0.05) is 31.8 Å². The van der Waals surface area contributed by atoms with E-state index < -0.39 is 34.7 Å². The van der Waals surface area contributed by atoms with Gasteiger partial charge in [-0.2, -0.15) is 13.2 Å². The molecular formula is C15H16F3N3O3. The van der Waals surface area contributed by atoms with Crippen molar-refractivity contribution in [1.29, 1.82) is 0 Å². The molecule has 2 N–H and O–H groups in total. The topological polar surface area (TPSA) is 85.5 Å². The molecule has 1 aromatic heterocycles. The number of primary amides is 1. The predicted molar refractivity (Wildman–Crippen MR) is 75.7 cm³/mol. The minimum Gasteiger partial charge on any atom is -0.381 e. The van der Waals surface area contributed by atoms with Gasteiger partial charge in [-0.15, -0.1) is 0 Å². The van der Waals surface area contributed by atoms with Crippen molar-refractivity contribution in [1.82, 2.24) is 9.88 Å². The molecule has 2 aliphatic heterocycles. The van der Waals surface area contributed by atoms with Crippen molar-refractivity contribution in [2.75, 3.05) is 26.3 Å². The normalized spacial score (nSPS) is 27.0. The second kappa shape index (κ2) is 5.73. The molecule has 0 bridgehead atoms. The Morgan fingerprint density at radius 2 is 2.17 bits per heavy atom. The molecule has 9 heteroatoms. The zero-order valence-electron chi connectivity index (χ0n) is 12.7. The summed E-state index contributed by atoms with van der Waals surface area (Å²) in [6, 6.07) is 1.94. The van der Waals surface area contributed by atoms with E-state index in [0.717, 1.165) is 18.3 Å². The fraction of sp³-hybridized carbons (Fsp3) is 0.533. The van der Waals surface area contributed by atoms with Crippen LogP contribution in [0.4, 0.5) is 13.2 Å². The smallest absolute Gasteiger partial charge is 0.381 e. The molecule has 0 aliphatic carbocycles. The van der Waals surface area contributed by atoms with Crippen molar-refractivity contribution in [3.63, 3.8) is 0 Å². The van der Waals surface area contributed by atoms with Gasteiger partial charge in [-0.3, -0.25) is 14.6 Å². The summed E-state index contributed by atoms with van der Waals surface area (Å²) in [4.78, 5) is 29.4. The molecule has 1 aromatic rings. The molecule has 3 rings (SSSR count). The third-order valence-corrected chi connectivity index (χ3v) is 4.80. The fourth-order valence-electron chi connectivity index (χ4n) is 3.46. The highest BCUT2D eigenvalue weighted by Gasteiger charge is 2.54. The standard InChI is InChI=1S/C15H16F3N3O3/c16-15(17,18)10-2-1-4-20-11(10)12(22)21-6-9-7-24-5-3-14(9,8-21)13(19)23/h1-2,4,9H,3,5-8H2,(H2,19,23)/t9-,14+/m1/s1.